The molecule has 16 heavy (non-hydrogen) atoms. The van der Waals surface area contributed by atoms with E-state index in [9.17, 15) is 0 Å². The van der Waals surface area contributed by atoms with E-state index in [-0.39, 0.29) is 0 Å². The molecule has 1 aromatic carbocycles. The third kappa shape index (κ3) is 2.10. The molecule has 0 aliphatic carbocycles. The topological polar surface area (TPSA) is 40.7 Å². The van der Waals surface area contributed by atoms with Gasteiger partial charge in [-0.1, -0.05) is 29.8 Å². The van der Waals surface area contributed by atoms with Crippen LogP contribution < -0.4 is 5.32 Å². The van der Waals surface area contributed by atoms with E-state index in [4.69, 9.17) is 11.6 Å². The Morgan fingerprint density at radius 2 is 2.12 bits per heavy atom. The second-order valence-electron chi connectivity index (χ2n) is 3.67. The molecule has 0 unspecified atom stereocenters. The van der Waals surface area contributed by atoms with Crippen molar-refractivity contribution in [3.63, 3.8) is 0 Å². The number of nitrogens with zero attached hydrogens (tertiary/aromatic N) is 1. The fraction of sp³-hybridized carbons (Fsp3) is 0.250. The molecule has 0 fully saturated rings. The number of aromatic nitrogens is 2. The number of rotatable bonds is 3. The van der Waals surface area contributed by atoms with E-state index in [1.54, 1.807) is 0 Å². The summed E-state index contributed by atoms with van der Waals surface area (Å²) in [5.41, 5.74) is 2.94. The van der Waals surface area contributed by atoms with Crippen LogP contribution in [0.5, 0.6) is 0 Å². The minimum absolute atomic E-state index is 0.727. The van der Waals surface area contributed by atoms with E-state index in [0.29, 0.717) is 0 Å². The van der Waals surface area contributed by atoms with E-state index in [2.05, 4.69) is 15.3 Å². The number of imidazole rings is 1. The minimum atomic E-state index is 0.727. The second-order valence-corrected chi connectivity index (χ2v) is 4.07. The lowest BCUT2D eigenvalue weighted by Gasteiger charge is -2.00. The van der Waals surface area contributed by atoms with Gasteiger partial charge in [0.15, 0.2) is 0 Å². The number of halogens is 1. The van der Waals surface area contributed by atoms with E-state index in [1.165, 1.54) is 0 Å². The summed E-state index contributed by atoms with van der Waals surface area (Å²) in [6.45, 7) is 2.73. The molecule has 0 spiro atoms. The molecule has 0 aliphatic rings. The molecular formula is C12H14ClN3. The van der Waals surface area contributed by atoms with Crippen molar-refractivity contribution in [3.8, 4) is 11.3 Å². The molecule has 0 aliphatic heterocycles. The SMILES string of the molecule is CNCc1nc(-c2ccccc2Cl)c(C)[nH]1. The van der Waals surface area contributed by atoms with Crippen molar-refractivity contribution < 1.29 is 0 Å². The van der Waals surface area contributed by atoms with Gasteiger partial charge in [0.25, 0.3) is 0 Å². The zero-order chi connectivity index (χ0) is 11.5. The van der Waals surface area contributed by atoms with Crippen LogP contribution in [0.15, 0.2) is 24.3 Å². The Bertz CT molecular complexity index is 491. The predicted octanol–water partition coefficient (Wildman–Crippen LogP) is 2.76. The maximum atomic E-state index is 6.15. The molecule has 1 aromatic heterocycles. The summed E-state index contributed by atoms with van der Waals surface area (Å²) in [6.07, 6.45) is 0. The Hall–Kier alpha value is -1.32. The lowest BCUT2D eigenvalue weighted by atomic mass is 10.1. The highest BCUT2D eigenvalue weighted by Crippen LogP contribution is 2.28. The highest BCUT2D eigenvalue weighted by atomic mass is 35.5. The zero-order valence-electron chi connectivity index (χ0n) is 9.34. The third-order valence-corrected chi connectivity index (χ3v) is 2.74. The Morgan fingerprint density at radius 3 is 2.81 bits per heavy atom. The normalized spacial score (nSPS) is 10.7. The molecule has 0 radical (unpaired) electrons. The van der Waals surface area contributed by atoms with Crippen LogP contribution in [-0.4, -0.2) is 17.0 Å². The summed E-state index contributed by atoms with van der Waals surface area (Å²) >= 11 is 6.15. The van der Waals surface area contributed by atoms with Crippen LogP contribution in [0, 0.1) is 6.92 Å². The van der Waals surface area contributed by atoms with Crippen LogP contribution in [0.3, 0.4) is 0 Å². The molecular weight excluding hydrogens is 222 g/mol. The fourth-order valence-electron chi connectivity index (χ4n) is 1.69. The van der Waals surface area contributed by atoms with Crippen molar-refractivity contribution >= 4 is 11.6 Å². The summed E-state index contributed by atoms with van der Waals surface area (Å²) < 4.78 is 0. The van der Waals surface area contributed by atoms with Crippen molar-refractivity contribution in [2.45, 2.75) is 13.5 Å². The maximum Gasteiger partial charge on any atom is 0.121 e. The molecule has 1 heterocycles. The first-order chi connectivity index (χ1) is 7.72. The van der Waals surface area contributed by atoms with Crippen molar-refractivity contribution in [3.05, 3.63) is 40.8 Å². The van der Waals surface area contributed by atoms with Gasteiger partial charge in [-0.05, 0) is 20.0 Å². The van der Waals surface area contributed by atoms with Crippen molar-refractivity contribution in [1.29, 1.82) is 0 Å². The summed E-state index contributed by atoms with van der Waals surface area (Å²) in [5.74, 6) is 0.926. The summed E-state index contributed by atoms with van der Waals surface area (Å²) in [4.78, 5) is 7.77. The molecule has 3 nitrogen and oxygen atoms in total. The molecule has 84 valence electrons. The molecule has 2 N–H and O–H groups in total. The number of hydrogen-bond acceptors (Lipinski definition) is 2. The standard InChI is InChI=1S/C12H14ClN3/c1-8-12(16-11(15-8)7-14-2)9-5-3-4-6-10(9)13/h3-6,14H,7H2,1-2H3,(H,15,16). The van der Waals surface area contributed by atoms with Crippen LogP contribution >= 0.6 is 11.6 Å². The average molecular weight is 236 g/mol. The maximum absolute atomic E-state index is 6.15. The van der Waals surface area contributed by atoms with Crippen molar-refractivity contribution in [2.24, 2.45) is 0 Å². The van der Waals surface area contributed by atoms with Gasteiger partial charge >= 0.3 is 0 Å². The van der Waals surface area contributed by atoms with E-state index in [0.717, 1.165) is 34.3 Å². The van der Waals surface area contributed by atoms with Crippen LogP contribution in [0.2, 0.25) is 5.02 Å². The van der Waals surface area contributed by atoms with Crippen LogP contribution in [-0.2, 0) is 6.54 Å². The average Bonchev–Trinajstić information content (AvgIpc) is 2.61. The molecule has 0 saturated carbocycles. The number of benzene rings is 1. The number of hydrogen-bond donors (Lipinski definition) is 2. The first-order valence-corrected chi connectivity index (χ1v) is 5.55. The fourth-order valence-corrected chi connectivity index (χ4v) is 1.91. The van der Waals surface area contributed by atoms with Crippen LogP contribution in [0.1, 0.15) is 11.5 Å². The van der Waals surface area contributed by atoms with Crippen molar-refractivity contribution in [1.82, 2.24) is 15.3 Å². The molecule has 0 saturated heterocycles. The van der Waals surface area contributed by atoms with E-state index in [1.807, 2.05) is 38.2 Å². The molecule has 0 bridgehead atoms. The van der Waals surface area contributed by atoms with Gasteiger partial charge in [0, 0.05) is 11.3 Å². The minimum Gasteiger partial charge on any atom is -0.344 e. The number of aromatic amines is 1. The first-order valence-electron chi connectivity index (χ1n) is 5.17. The molecule has 0 atom stereocenters. The second kappa shape index (κ2) is 4.68. The Kier molecular flexibility index (Phi) is 3.27. The lowest BCUT2D eigenvalue weighted by Crippen LogP contribution is -2.06. The summed E-state index contributed by atoms with van der Waals surface area (Å²) in [6, 6.07) is 7.74. The third-order valence-electron chi connectivity index (χ3n) is 2.41. The van der Waals surface area contributed by atoms with Gasteiger partial charge in [-0.25, -0.2) is 4.98 Å². The Morgan fingerprint density at radius 1 is 1.38 bits per heavy atom. The lowest BCUT2D eigenvalue weighted by molar-refractivity contribution is 0.770. The molecule has 0 amide bonds. The van der Waals surface area contributed by atoms with Gasteiger partial charge in [0.1, 0.15) is 5.82 Å². The smallest absolute Gasteiger partial charge is 0.121 e. The molecule has 2 aromatic rings. The van der Waals surface area contributed by atoms with E-state index < -0.39 is 0 Å². The quantitative estimate of drug-likeness (QED) is 0.859. The first kappa shape index (κ1) is 11.2. The zero-order valence-corrected chi connectivity index (χ0v) is 10.1. The summed E-state index contributed by atoms with van der Waals surface area (Å²) in [7, 11) is 1.90. The predicted molar refractivity (Wildman–Crippen MR) is 66.5 cm³/mol. The van der Waals surface area contributed by atoms with Gasteiger partial charge in [0.2, 0.25) is 0 Å². The number of H-pyrrole nitrogens is 1. The van der Waals surface area contributed by atoms with Gasteiger partial charge in [0.05, 0.1) is 17.3 Å². The monoisotopic (exact) mass is 235 g/mol. The van der Waals surface area contributed by atoms with Crippen LogP contribution in [0.25, 0.3) is 11.3 Å². The van der Waals surface area contributed by atoms with Gasteiger partial charge < -0.3 is 10.3 Å². The summed E-state index contributed by atoms with van der Waals surface area (Å²) in [5, 5.41) is 3.79. The number of nitrogens with one attached hydrogen (secondary N) is 2. The highest BCUT2D eigenvalue weighted by Gasteiger charge is 2.10. The largest absolute Gasteiger partial charge is 0.344 e. The van der Waals surface area contributed by atoms with Crippen LogP contribution in [0.4, 0.5) is 0 Å². The number of aryl methyl sites for hydroxylation is 1. The van der Waals surface area contributed by atoms with Gasteiger partial charge in [-0.15, -0.1) is 0 Å². The molecule has 2 rings (SSSR count). The highest BCUT2D eigenvalue weighted by molar-refractivity contribution is 6.33. The van der Waals surface area contributed by atoms with Gasteiger partial charge in [-0.3, -0.25) is 0 Å². The Balaban J connectivity index is 2.44. The van der Waals surface area contributed by atoms with Gasteiger partial charge in [-0.2, -0.15) is 0 Å². The van der Waals surface area contributed by atoms with Crippen molar-refractivity contribution in [2.75, 3.05) is 7.05 Å². The Labute approximate surface area is 99.9 Å². The molecule has 4 heteroatoms. The van der Waals surface area contributed by atoms with E-state index >= 15 is 0 Å².